The standard InChI is InChI=1S/C33H63NO8/c1-3-5-7-8-9-10-11-12-13-14-15-16-17-18-19-21-23-29(37)34-26(27(36)22-20-6-4-2)25-41-33-32(40)31(39)30(38)28(24-35)42-33/h20,22,26-28,30-33,35-36,38-40H,3-19,21,23-25H2,1-2H3,(H,34,37)/b22-20+. The van der Waals surface area contributed by atoms with Gasteiger partial charge < -0.3 is 40.3 Å². The molecule has 1 heterocycles. The molecule has 0 saturated carbocycles. The van der Waals surface area contributed by atoms with Crippen LogP contribution >= 0.6 is 0 Å². The maximum Gasteiger partial charge on any atom is 0.220 e. The molecule has 0 aromatic rings. The Kier molecular flexibility index (Phi) is 23.4. The summed E-state index contributed by atoms with van der Waals surface area (Å²) in [6.45, 7) is 3.53. The lowest BCUT2D eigenvalue weighted by atomic mass is 9.99. The topological polar surface area (TPSA) is 149 Å². The van der Waals surface area contributed by atoms with Crippen molar-refractivity contribution in [2.75, 3.05) is 13.2 Å². The molecule has 0 aliphatic carbocycles. The van der Waals surface area contributed by atoms with Crippen molar-refractivity contribution in [3.8, 4) is 0 Å². The number of ether oxygens (including phenoxy) is 2. The van der Waals surface area contributed by atoms with E-state index in [1.807, 2.05) is 13.0 Å². The minimum Gasteiger partial charge on any atom is -0.394 e. The predicted octanol–water partition coefficient (Wildman–Crippen LogP) is 4.66. The fourth-order valence-corrected chi connectivity index (χ4v) is 5.28. The van der Waals surface area contributed by atoms with E-state index in [2.05, 4.69) is 12.2 Å². The van der Waals surface area contributed by atoms with E-state index in [0.717, 1.165) is 32.1 Å². The maximum absolute atomic E-state index is 12.7. The maximum atomic E-state index is 12.7. The Morgan fingerprint density at radius 3 is 1.81 bits per heavy atom. The fraction of sp³-hybridized carbons (Fsp3) is 0.909. The molecule has 9 heteroatoms. The molecule has 7 unspecified atom stereocenters. The number of rotatable bonds is 26. The Bertz CT molecular complexity index is 676. The minimum absolute atomic E-state index is 0.189. The summed E-state index contributed by atoms with van der Waals surface area (Å²) in [6, 6.07) is -0.793. The van der Waals surface area contributed by atoms with E-state index < -0.39 is 49.5 Å². The van der Waals surface area contributed by atoms with E-state index in [4.69, 9.17) is 9.47 Å². The molecule has 248 valence electrons. The van der Waals surface area contributed by atoms with Crippen LogP contribution in [0, 0.1) is 0 Å². The largest absolute Gasteiger partial charge is 0.394 e. The molecule has 0 spiro atoms. The minimum atomic E-state index is -1.56. The molecule has 6 N–H and O–H groups in total. The Morgan fingerprint density at radius 2 is 1.31 bits per heavy atom. The first-order valence-corrected chi connectivity index (χ1v) is 16.9. The van der Waals surface area contributed by atoms with Crippen molar-refractivity contribution < 1.29 is 39.8 Å². The van der Waals surface area contributed by atoms with Crippen molar-refractivity contribution in [3.63, 3.8) is 0 Å². The van der Waals surface area contributed by atoms with E-state index >= 15 is 0 Å². The van der Waals surface area contributed by atoms with Crippen molar-refractivity contribution in [2.45, 2.75) is 179 Å². The molecule has 1 aliphatic heterocycles. The summed E-state index contributed by atoms with van der Waals surface area (Å²) in [6.07, 6.45) is 17.7. The first-order valence-electron chi connectivity index (χ1n) is 16.9. The molecule has 1 amide bonds. The van der Waals surface area contributed by atoms with E-state index in [1.165, 1.54) is 83.5 Å². The summed E-state index contributed by atoms with van der Waals surface area (Å²) in [4.78, 5) is 12.7. The number of unbranched alkanes of at least 4 members (excludes halogenated alkanes) is 16. The van der Waals surface area contributed by atoms with Crippen LogP contribution in [0.3, 0.4) is 0 Å². The number of nitrogens with one attached hydrogen (secondary N) is 1. The van der Waals surface area contributed by atoms with Gasteiger partial charge in [-0.3, -0.25) is 4.79 Å². The molecule has 42 heavy (non-hydrogen) atoms. The van der Waals surface area contributed by atoms with Gasteiger partial charge in [0.2, 0.25) is 5.91 Å². The van der Waals surface area contributed by atoms with Crippen LogP contribution in [0.25, 0.3) is 0 Å². The Labute approximate surface area is 255 Å². The number of amides is 1. The van der Waals surface area contributed by atoms with Crippen LogP contribution in [0.1, 0.15) is 136 Å². The van der Waals surface area contributed by atoms with E-state index in [1.54, 1.807) is 6.08 Å². The van der Waals surface area contributed by atoms with Gasteiger partial charge in [0.1, 0.15) is 24.4 Å². The van der Waals surface area contributed by atoms with Crippen molar-refractivity contribution in [1.29, 1.82) is 0 Å². The summed E-state index contributed by atoms with van der Waals surface area (Å²) in [5.74, 6) is -0.189. The quantitative estimate of drug-likeness (QED) is 0.0620. The highest BCUT2D eigenvalue weighted by Crippen LogP contribution is 2.22. The molecule has 0 aromatic carbocycles. The van der Waals surface area contributed by atoms with Crippen LogP contribution < -0.4 is 5.32 Å². The van der Waals surface area contributed by atoms with Gasteiger partial charge in [-0.05, 0) is 12.8 Å². The van der Waals surface area contributed by atoms with Gasteiger partial charge in [-0.15, -0.1) is 0 Å². The molecule has 1 aliphatic rings. The number of aliphatic hydroxyl groups excluding tert-OH is 5. The number of aliphatic hydroxyl groups is 5. The number of carbonyl (C=O) groups is 1. The first kappa shape index (κ1) is 39.0. The van der Waals surface area contributed by atoms with Gasteiger partial charge in [0.05, 0.1) is 25.4 Å². The molecule has 9 nitrogen and oxygen atoms in total. The van der Waals surface area contributed by atoms with Gasteiger partial charge in [-0.2, -0.15) is 0 Å². The highest BCUT2D eigenvalue weighted by atomic mass is 16.7. The van der Waals surface area contributed by atoms with Crippen LogP contribution in [-0.4, -0.2) is 87.5 Å². The molecule has 7 atom stereocenters. The zero-order chi connectivity index (χ0) is 31.0. The van der Waals surface area contributed by atoms with E-state index in [0.29, 0.717) is 6.42 Å². The van der Waals surface area contributed by atoms with Gasteiger partial charge in [0.15, 0.2) is 6.29 Å². The second-order valence-corrected chi connectivity index (χ2v) is 12.0. The second-order valence-electron chi connectivity index (χ2n) is 12.0. The van der Waals surface area contributed by atoms with Gasteiger partial charge in [-0.1, -0.05) is 129 Å². The Hall–Kier alpha value is -1.07. The lowest BCUT2D eigenvalue weighted by Crippen LogP contribution is -2.60. The van der Waals surface area contributed by atoms with Crippen LogP contribution in [0.5, 0.6) is 0 Å². The molecule has 1 saturated heterocycles. The molecular weight excluding hydrogens is 538 g/mol. The molecule has 1 rings (SSSR count). The van der Waals surface area contributed by atoms with E-state index in [-0.39, 0.29) is 12.5 Å². The summed E-state index contributed by atoms with van der Waals surface area (Å²) in [5, 5.41) is 53.1. The van der Waals surface area contributed by atoms with Crippen LogP contribution in [0.2, 0.25) is 0 Å². The fourth-order valence-electron chi connectivity index (χ4n) is 5.28. The number of hydrogen-bond donors (Lipinski definition) is 6. The van der Waals surface area contributed by atoms with Crippen LogP contribution in [0.15, 0.2) is 12.2 Å². The number of allylic oxidation sites excluding steroid dienone is 1. The SMILES string of the molecule is CCC/C=C/C(O)C(COC1OC(CO)C(O)C(O)C1O)NC(=O)CCCCCCCCCCCCCCCCCC. The van der Waals surface area contributed by atoms with Crippen LogP contribution in [0.4, 0.5) is 0 Å². The lowest BCUT2D eigenvalue weighted by Gasteiger charge is -2.40. The molecule has 1 fully saturated rings. The summed E-state index contributed by atoms with van der Waals surface area (Å²) < 4.78 is 11.0. The average Bonchev–Trinajstić information content (AvgIpc) is 2.98. The smallest absolute Gasteiger partial charge is 0.220 e. The van der Waals surface area contributed by atoms with Gasteiger partial charge in [0.25, 0.3) is 0 Å². The third kappa shape index (κ3) is 17.3. The van der Waals surface area contributed by atoms with Crippen molar-refractivity contribution in [2.24, 2.45) is 0 Å². The summed E-state index contributed by atoms with van der Waals surface area (Å²) in [7, 11) is 0. The van der Waals surface area contributed by atoms with Gasteiger partial charge in [0, 0.05) is 6.42 Å². The number of carbonyl (C=O) groups excluding carboxylic acids is 1. The Morgan fingerprint density at radius 1 is 0.786 bits per heavy atom. The van der Waals surface area contributed by atoms with Gasteiger partial charge >= 0.3 is 0 Å². The van der Waals surface area contributed by atoms with Gasteiger partial charge in [-0.25, -0.2) is 0 Å². The summed E-state index contributed by atoms with van der Waals surface area (Å²) in [5.41, 5.74) is 0. The average molecular weight is 602 g/mol. The van der Waals surface area contributed by atoms with E-state index in [9.17, 15) is 30.3 Å². The number of hydrogen-bond acceptors (Lipinski definition) is 8. The summed E-state index contributed by atoms with van der Waals surface area (Å²) >= 11 is 0. The van der Waals surface area contributed by atoms with Crippen molar-refractivity contribution >= 4 is 5.91 Å². The zero-order valence-corrected chi connectivity index (χ0v) is 26.5. The predicted molar refractivity (Wildman–Crippen MR) is 166 cm³/mol. The lowest BCUT2D eigenvalue weighted by molar-refractivity contribution is -0.302. The monoisotopic (exact) mass is 601 g/mol. The first-order chi connectivity index (χ1) is 20.3. The van der Waals surface area contributed by atoms with Crippen molar-refractivity contribution in [1.82, 2.24) is 5.32 Å². The molecular formula is C33H63NO8. The Balaban J connectivity index is 2.27. The molecule has 0 bridgehead atoms. The second kappa shape index (κ2) is 25.3. The van der Waals surface area contributed by atoms with Crippen LogP contribution in [-0.2, 0) is 14.3 Å². The zero-order valence-electron chi connectivity index (χ0n) is 26.5. The van der Waals surface area contributed by atoms with Crippen molar-refractivity contribution in [3.05, 3.63) is 12.2 Å². The molecule has 0 aromatic heterocycles. The normalized spacial score (nSPS) is 24.2. The highest BCUT2D eigenvalue weighted by molar-refractivity contribution is 5.76. The third-order valence-corrected chi connectivity index (χ3v) is 8.09. The highest BCUT2D eigenvalue weighted by Gasteiger charge is 2.44. The molecule has 0 radical (unpaired) electrons. The third-order valence-electron chi connectivity index (χ3n) is 8.09.